The van der Waals surface area contributed by atoms with Crippen LogP contribution < -0.4 is 21.7 Å². The minimum absolute atomic E-state index is 0.0192. The normalized spacial score (nSPS) is 46.6. The number of carbonyl (C=O) groups is 5. The molecule has 1 heterocycles. The van der Waals surface area contributed by atoms with E-state index >= 15 is 4.79 Å². The van der Waals surface area contributed by atoms with Crippen LogP contribution in [0.15, 0.2) is 0 Å². The molecule has 5 amide bonds. The second-order valence-electron chi connectivity index (χ2n) is 9.14. The van der Waals surface area contributed by atoms with Crippen molar-refractivity contribution in [1.29, 1.82) is 0 Å². The van der Waals surface area contributed by atoms with E-state index in [9.17, 15) is 19.2 Å². The van der Waals surface area contributed by atoms with Crippen LogP contribution in [0.5, 0.6) is 0 Å². The summed E-state index contributed by atoms with van der Waals surface area (Å²) in [5.74, 6) is -16.7. The number of carbonyl (C=O) groups excluding carboxylic acids is 5. The molecule has 3 rings (SSSR count). The number of piperidine rings is 1. The predicted octanol–water partition coefficient (Wildman–Crippen LogP) is 2.10. The van der Waals surface area contributed by atoms with E-state index in [0.29, 0.717) is 0 Å². The van der Waals surface area contributed by atoms with Crippen molar-refractivity contribution < 1.29 is 67.8 Å². The molecule has 5 atom stereocenters. The molecule has 3 aliphatic rings. The van der Waals surface area contributed by atoms with Crippen molar-refractivity contribution in [3.05, 3.63) is 0 Å². The lowest BCUT2D eigenvalue weighted by Crippen LogP contribution is -2.60. The van der Waals surface area contributed by atoms with E-state index < -0.39 is 175 Å². The molecule has 0 bridgehead atoms. The second-order valence-corrected chi connectivity index (χ2v) is 9.14. The van der Waals surface area contributed by atoms with Gasteiger partial charge in [-0.25, -0.2) is 4.79 Å². The molecule has 10 heteroatoms. The predicted molar refractivity (Wildman–Crippen MR) is 144 cm³/mol. The first kappa shape index (κ1) is 8.67. The highest BCUT2D eigenvalue weighted by Crippen LogP contribution is 2.65. The number of ketones is 1. The molecule has 214 valence electrons. The number of nitrogens with two attached hydrogens (primary N) is 1. The smallest absolute Gasteiger partial charge is 0.315 e. The lowest BCUT2D eigenvalue weighted by Gasteiger charge is -2.36. The van der Waals surface area contributed by atoms with Crippen molar-refractivity contribution in [1.82, 2.24) is 20.9 Å². The molecule has 1 aliphatic heterocycles. The average molecular weight is 566 g/mol. The Bertz CT molecular complexity index is 2010. The maximum absolute atomic E-state index is 15.0. The highest BCUT2D eigenvalue weighted by molar-refractivity contribution is 6.37. The molecule has 2 aliphatic carbocycles. The molecule has 10 nitrogen and oxygen atoms in total. The highest BCUT2D eigenvalue weighted by Gasteiger charge is 2.69. The summed E-state index contributed by atoms with van der Waals surface area (Å²) in [7, 11) is 0. The summed E-state index contributed by atoms with van der Waals surface area (Å²) in [4.78, 5) is 69.3. The van der Waals surface area contributed by atoms with E-state index in [0.717, 1.165) is 0 Å². The molecule has 38 heavy (non-hydrogen) atoms. The Morgan fingerprint density at radius 2 is 1.82 bits per heavy atom. The molecule has 0 spiro atoms. The van der Waals surface area contributed by atoms with Gasteiger partial charge >= 0.3 is 6.03 Å². The Balaban J connectivity index is 2.45. The Hall–Kier alpha value is -2.65. The summed E-state index contributed by atoms with van der Waals surface area (Å²) in [6, 6.07) is -12.4. The van der Waals surface area contributed by atoms with Crippen LogP contribution >= 0.6 is 0 Å². The number of Topliss-reactive ketones (excluding diaryl/α,β-unsaturated/α-hetero) is 1. The van der Waals surface area contributed by atoms with E-state index in [2.05, 4.69) is 0 Å². The number of primary amides is 1. The summed E-state index contributed by atoms with van der Waals surface area (Å²) in [5, 5.41) is 4.13. The van der Waals surface area contributed by atoms with Gasteiger partial charge in [-0.1, -0.05) is 53.4 Å². The molecule has 0 aromatic carbocycles. The van der Waals surface area contributed by atoms with Crippen LogP contribution in [0, 0.1) is 28.6 Å². The fraction of sp³-hybridized carbons (Fsp3) is 0.821. The van der Waals surface area contributed by atoms with E-state index in [4.69, 9.17) is 49.6 Å². The topological polar surface area (TPSA) is 151 Å². The van der Waals surface area contributed by atoms with Crippen LogP contribution in [0.3, 0.4) is 0 Å². The van der Waals surface area contributed by atoms with E-state index in [-0.39, 0.29) is 4.90 Å². The lowest BCUT2D eigenvalue weighted by molar-refractivity contribution is -0.144. The fourth-order valence-corrected chi connectivity index (χ4v) is 4.31. The Labute approximate surface area is 271 Å². The zero-order valence-electron chi connectivity index (χ0n) is 51.5. The van der Waals surface area contributed by atoms with Gasteiger partial charge in [0.15, 0.2) is 0 Å². The van der Waals surface area contributed by atoms with Gasteiger partial charge < -0.3 is 26.6 Å². The average Bonchev–Trinajstić information content (AvgIpc) is 3.62. The standard InChI is InChI=1S/C28H47N5O5/c1-26(2,3)13-18(31-25(38)32-27(4,5)6)24(37)33-14-16-19(28(16,7)8)20(33)23(36)30-17(21(34)22(29)35)12-15-10-9-11-15/h15-20H,9-14H2,1-8H3,(H2,29,35)(H,30,36)(H2,31,32,38)/t16-,17?,18-,19-,20-/m0/s1/i1D3,2D3,3D3,4D3,5D3,6D3,7D3,8D3,9D2,10D2,11D2,15D,17D. The van der Waals surface area contributed by atoms with Crippen LogP contribution in [0.25, 0.3) is 0 Å². The van der Waals surface area contributed by atoms with Crippen LogP contribution in [0.2, 0.25) is 0 Å². The maximum Gasteiger partial charge on any atom is 0.315 e. The van der Waals surface area contributed by atoms with Gasteiger partial charge in [0.1, 0.15) is 12.1 Å². The minimum atomic E-state index is -4.33. The number of rotatable bonds is 9. The molecule has 3 fully saturated rings. The molecule has 0 aromatic rings. The largest absolute Gasteiger partial charge is 0.363 e. The number of likely N-dealkylation sites (tertiary alicyclic amines) is 1. The van der Waals surface area contributed by atoms with E-state index in [1.165, 1.54) is 16.0 Å². The van der Waals surface area contributed by atoms with Gasteiger partial charge in [0.25, 0.3) is 5.91 Å². The SMILES string of the molecule is [2H]C(CC1([2H])C([2H])([2H])C([2H])([2H])C1([2H])[2H])(NC(=O)[C@@H]1[C@@H]2[C@H](CN1C(=O)[C@H](CC(C([2H])([2H])[2H])(C([2H])([2H])[2H])C([2H])([2H])[2H])NC(=O)NC(C([2H])([2H])[2H])(C([2H])([2H])[2H])C([2H])([2H])[2H])C2(C([2H])([2H])[2H])C([2H])([2H])[2H])C(=O)C(N)=O. The molecular formula is C28H47N5O5. The third-order valence-corrected chi connectivity index (χ3v) is 6.02. The first-order chi connectivity index (χ1) is 30.3. The van der Waals surface area contributed by atoms with Crippen molar-refractivity contribution in [2.24, 2.45) is 34.3 Å². The van der Waals surface area contributed by atoms with Gasteiger partial charge in [-0.05, 0) is 62.0 Å². The molecule has 0 radical (unpaired) electrons. The number of hydrogen-bond donors (Lipinski definition) is 4. The zero-order chi connectivity index (χ0) is 56.0. The van der Waals surface area contributed by atoms with Crippen molar-refractivity contribution in [2.45, 2.75) is 110 Å². The van der Waals surface area contributed by atoms with Crippen molar-refractivity contribution in [3.63, 3.8) is 0 Å². The van der Waals surface area contributed by atoms with Crippen molar-refractivity contribution in [3.8, 4) is 0 Å². The van der Waals surface area contributed by atoms with Crippen LogP contribution in [0.4, 0.5) is 4.79 Å². The van der Waals surface area contributed by atoms with Crippen molar-refractivity contribution in [2.75, 3.05) is 6.54 Å². The minimum Gasteiger partial charge on any atom is -0.363 e. The third-order valence-electron chi connectivity index (χ3n) is 6.02. The first-order valence-corrected chi connectivity index (χ1v) is 10.8. The number of urea groups is 1. The maximum atomic E-state index is 15.0. The number of nitrogens with one attached hydrogen (secondary N) is 3. The van der Waals surface area contributed by atoms with Gasteiger partial charge in [-0.2, -0.15) is 0 Å². The van der Waals surface area contributed by atoms with Crippen LogP contribution in [-0.2, 0) is 19.2 Å². The second kappa shape index (κ2) is 10.5. The highest BCUT2D eigenvalue weighted by atomic mass is 16.2. The van der Waals surface area contributed by atoms with Gasteiger partial charge in [0, 0.05) is 54.6 Å². The Morgan fingerprint density at radius 3 is 2.39 bits per heavy atom. The van der Waals surface area contributed by atoms with Gasteiger partial charge in [0.05, 0.1) is 7.39 Å². The Kier molecular flexibility index (Phi) is 2.39. The lowest BCUT2D eigenvalue weighted by atomic mass is 9.80. The monoisotopic (exact) mass is 566 g/mol. The molecule has 5 N–H and O–H groups in total. The zero-order valence-corrected chi connectivity index (χ0v) is 19.5. The van der Waals surface area contributed by atoms with Crippen molar-refractivity contribution >= 4 is 29.5 Å². The number of amides is 5. The van der Waals surface area contributed by atoms with Crippen LogP contribution in [0.1, 0.15) is 131 Å². The summed E-state index contributed by atoms with van der Waals surface area (Å²) in [6.45, 7) is -34.4. The van der Waals surface area contributed by atoms with E-state index in [1.807, 2.05) is 0 Å². The van der Waals surface area contributed by atoms with Gasteiger partial charge in [0.2, 0.25) is 17.6 Å². The molecule has 0 aromatic heterocycles. The quantitative estimate of drug-likeness (QED) is 0.316. The summed E-state index contributed by atoms with van der Waals surface area (Å²) < 4.78 is 259. The first-order valence-electron chi connectivity index (χ1n) is 26.8. The van der Waals surface area contributed by atoms with Gasteiger partial charge in [-0.3, -0.25) is 19.2 Å². The number of nitrogens with zero attached hydrogens (tertiary/aromatic N) is 1. The molecule has 1 saturated heterocycles. The molecule has 1 unspecified atom stereocenters. The molecular weight excluding hydrogens is 486 g/mol. The third kappa shape index (κ3) is 6.86. The van der Waals surface area contributed by atoms with Crippen LogP contribution in [-0.4, -0.2) is 64.6 Å². The Morgan fingerprint density at radius 1 is 1.13 bits per heavy atom. The number of hydrogen-bond acceptors (Lipinski definition) is 5. The number of fused-ring (bicyclic) bond motifs is 1. The van der Waals surface area contributed by atoms with Gasteiger partial charge in [-0.15, -0.1) is 0 Å². The summed E-state index contributed by atoms with van der Waals surface area (Å²) in [5.41, 5.74) is -6.59. The summed E-state index contributed by atoms with van der Waals surface area (Å²) >= 11 is 0. The van der Waals surface area contributed by atoms with E-state index in [1.54, 1.807) is 0 Å². The summed E-state index contributed by atoms with van der Waals surface area (Å²) in [6.07, 6.45) is -15.2. The fourth-order valence-electron chi connectivity index (χ4n) is 4.31. The molecule has 2 saturated carbocycles.